The van der Waals surface area contributed by atoms with Gasteiger partial charge in [-0.25, -0.2) is 4.98 Å². The molecule has 2 rings (SSSR count). The molecule has 4 nitrogen and oxygen atoms in total. The normalized spacial score (nSPS) is 12.6. The lowest BCUT2D eigenvalue weighted by molar-refractivity contribution is 0.517. The molecule has 0 bridgehead atoms. The zero-order valence-corrected chi connectivity index (χ0v) is 12.8. The summed E-state index contributed by atoms with van der Waals surface area (Å²) >= 11 is 12.0. The molecular weight excluding hydrogens is 295 g/mol. The van der Waals surface area contributed by atoms with Crippen molar-refractivity contribution in [1.29, 1.82) is 0 Å². The molecule has 1 aromatic carbocycles. The predicted octanol–water partition coefficient (Wildman–Crippen LogP) is 3.35. The van der Waals surface area contributed by atoms with Gasteiger partial charge in [0, 0.05) is 25.4 Å². The van der Waals surface area contributed by atoms with E-state index < -0.39 is 0 Å². The molecule has 20 heavy (non-hydrogen) atoms. The highest BCUT2D eigenvalue weighted by molar-refractivity contribution is 6.42. The van der Waals surface area contributed by atoms with Crippen LogP contribution in [-0.2, 0) is 13.0 Å². The third-order valence-electron chi connectivity index (χ3n) is 3.20. The second kappa shape index (κ2) is 7.09. The molecule has 0 aliphatic carbocycles. The average Bonchev–Trinajstić information content (AvgIpc) is 2.87. The number of hydrogen-bond acceptors (Lipinski definition) is 3. The molecular formula is C14H18Cl2N4. The summed E-state index contributed by atoms with van der Waals surface area (Å²) in [5.41, 5.74) is 3.81. The molecule has 1 atom stereocenters. The van der Waals surface area contributed by atoms with Crippen LogP contribution in [0.4, 0.5) is 0 Å². The number of benzene rings is 1. The zero-order valence-electron chi connectivity index (χ0n) is 11.3. The average molecular weight is 313 g/mol. The van der Waals surface area contributed by atoms with Crippen molar-refractivity contribution in [3.05, 3.63) is 52.0 Å². The van der Waals surface area contributed by atoms with Crippen LogP contribution in [0.2, 0.25) is 10.0 Å². The molecule has 1 heterocycles. The number of nitrogens with one attached hydrogen (secondary N) is 1. The molecule has 0 aliphatic heterocycles. The van der Waals surface area contributed by atoms with Crippen LogP contribution in [0.5, 0.6) is 0 Å². The largest absolute Gasteiger partial charge is 0.335 e. The standard InChI is InChI=1S/C14H18Cl2N4/c1-2-6-20-7-5-18-14(20)9-13(19-17)10-3-4-11(15)12(16)8-10/h3-5,7-8,13,19H,2,6,9,17H2,1H3. The molecule has 3 N–H and O–H groups in total. The molecule has 0 saturated heterocycles. The molecule has 0 radical (unpaired) electrons. The number of nitrogens with two attached hydrogens (primary N) is 1. The van der Waals surface area contributed by atoms with E-state index in [0.29, 0.717) is 16.5 Å². The smallest absolute Gasteiger partial charge is 0.110 e. The molecule has 0 saturated carbocycles. The summed E-state index contributed by atoms with van der Waals surface area (Å²) in [7, 11) is 0. The van der Waals surface area contributed by atoms with Crippen molar-refractivity contribution in [2.45, 2.75) is 32.4 Å². The molecule has 108 valence electrons. The quantitative estimate of drug-likeness (QED) is 0.635. The van der Waals surface area contributed by atoms with Gasteiger partial charge in [-0.1, -0.05) is 36.2 Å². The van der Waals surface area contributed by atoms with E-state index >= 15 is 0 Å². The molecule has 6 heteroatoms. The maximum atomic E-state index is 6.06. The SMILES string of the molecule is CCCn1ccnc1CC(NN)c1ccc(Cl)c(Cl)c1. The van der Waals surface area contributed by atoms with Crippen molar-refractivity contribution >= 4 is 23.2 Å². The summed E-state index contributed by atoms with van der Waals surface area (Å²) in [5, 5.41) is 1.07. The van der Waals surface area contributed by atoms with Crippen LogP contribution >= 0.6 is 23.2 Å². The first-order valence-electron chi connectivity index (χ1n) is 6.56. The highest BCUT2D eigenvalue weighted by atomic mass is 35.5. The lowest BCUT2D eigenvalue weighted by atomic mass is 10.0. The van der Waals surface area contributed by atoms with Gasteiger partial charge in [0.25, 0.3) is 0 Å². The Morgan fingerprint density at radius 1 is 1.35 bits per heavy atom. The van der Waals surface area contributed by atoms with Gasteiger partial charge in [-0.2, -0.15) is 0 Å². The fourth-order valence-electron chi connectivity index (χ4n) is 2.16. The minimum absolute atomic E-state index is 0.0530. The van der Waals surface area contributed by atoms with Crippen molar-refractivity contribution < 1.29 is 0 Å². The minimum atomic E-state index is -0.0530. The highest BCUT2D eigenvalue weighted by Gasteiger charge is 2.15. The van der Waals surface area contributed by atoms with Crippen molar-refractivity contribution in [2.75, 3.05) is 0 Å². The first-order chi connectivity index (χ1) is 9.65. The van der Waals surface area contributed by atoms with E-state index in [1.54, 1.807) is 6.07 Å². The highest BCUT2D eigenvalue weighted by Crippen LogP contribution is 2.26. The van der Waals surface area contributed by atoms with Crippen molar-refractivity contribution in [3.8, 4) is 0 Å². The first kappa shape index (κ1) is 15.3. The number of imidazole rings is 1. The van der Waals surface area contributed by atoms with Gasteiger partial charge in [0.05, 0.1) is 16.1 Å². The van der Waals surface area contributed by atoms with Gasteiger partial charge in [-0.15, -0.1) is 0 Å². The van der Waals surface area contributed by atoms with Crippen LogP contribution in [0, 0.1) is 0 Å². The van der Waals surface area contributed by atoms with Gasteiger partial charge in [-0.3, -0.25) is 11.3 Å². The van der Waals surface area contributed by atoms with E-state index in [1.807, 2.05) is 24.5 Å². The summed E-state index contributed by atoms with van der Waals surface area (Å²) in [5.74, 6) is 6.67. The lowest BCUT2D eigenvalue weighted by Crippen LogP contribution is -2.30. The maximum Gasteiger partial charge on any atom is 0.110 e. The van der Waals surface area contributed by atoms with E-state index in [1.165, 1.54) is 0 Å². The zero-order chi connectivity index (χ0) is 14.5. The Bertz CT molecular complexity index is 568. The Morgan fingerprint density at radius 3 is 2.80 bits per heavy atom. The van der Waals surface area contributed by atoms with Gasteiger partial charge < -0.3 is 4.57 Å². The van der Waals surface area contributed by atoms with Crippen LogP contribution < -0.4 is 11.3 Å². The molecule has 0 spiro atoms. The number of halogens is 2. The Labute approximate surface area is 128 Å². The molecule has 1 aromatic heterocycles. The van der Waals surface area contributed by atoms with Gasteiger partial charge in [-0.05, 0) is 24.1 Å². The molecule has 1 unspecified atom stereocenters. The number of nitrogens with zero attached hydrogens (tertiary/aromatic N) is 2. The first-order valence-corrected chi connectivity index (χ1v) is 7.32. The monoisotopic (exact) mass is 312 g/mol. The Balaban J connectivity index is 2.19. The molecule has 2 aromatic rings. The Morgan fingerprint density at radius 2 is 2.15 bits per heavy atom. The topological polar surface area (TPSA) is 55.9 Å². The predicted molar refractivity (Wildman–Crippen MR) is 82.7 cm³/mol. The van der Waals surface area contributed by atoms with Crippen LogP contribution in [0.25, 0.3) is 0 Å². The van der Waals surface area contributed by atoms with E-state index in [-0.39, 0.29) is 6.04 Å². The van der Waals surface area contributed by atoms with Gasteiger partial charge in [0.15, 0.2) is 0 Å². The third kappa shape index (κ3) is 3.52. The maximum absolute atomic E-state index is 6.06. The van der Waals surface area contributed by atoms with Crippen molar-refractivity contribution in [1.82, 2.24) is 15.0 Å². The number of aromatic nitrogens is 2. The Hall–Kier alpha value is -1.07. The number of aryl methyl sites for hydroxylation is 1. The van der Waals surface area contributed by atoms with Crippen LogP contribution in [0.1, 0.15) is 30.8 Å². The van der Waals surface area contributed by atoms with Crippen molar-refractivity contribution in [3.63, 3.8) is 0 Å². The van der Waals surface area contributed by atoms with Crippen LogP contribution in [0.3, 0.4) is 0 Å². The lowest BCUT2D eigenvalue weighted by Gasteiger charge is -2.17. The third-order valence-corrected chi connectivity index (χ3v) is 3.94. The number of rotatable bonds is 6. The van der Waals surface area contributed by atoms with Gasteiger partial charge >= 0.3 is 0 Å². The van der Waals surface area contributed by atoms with Crippen LogP contribution in [0.15, 0.2) is 30.6 Å². The van der Waals surface area contributed by atoms with E-state index in [0.717, 1.165) is 24.4 Å². The van der Waals surface area contributed by atoms with E-state index in [9.17, 15) is 0 Å². The molecule has 0 aliphatic rings. The summed E-state index contributed by atoms with van der Waals surface area (Å²) in [4.78, 5) is 4.40. The second-order valence-electron chi connectivity index (χ2n) is 4.63. The van der Waals surface area contributed by atoms with E-state index in [4.69, 9.17) is 29.0 Å². The van der Waals surface area contributed by atoms with Crippen molar-refractivity contribution in [2.24, 2.45) is 5.84 Å². The number of hydrogen-bond donors (Lipinski definition) is 2. The summed E-state index contributed by atoms with van der Waals surface area (Å²) in [6, 6.07) is 5.48. The van der Waals surface area contributed by atoms with Crippen LogP contribution in [-0.4, -0.2) is 9.55 Å². The molecule has 0 amide bonds. The fraction of sp³-hybridized carbons (Fsp3) is 0.357. The summed E-state index contributed by atoms with van der Waals surface area (Å²) in [6.07, 6.45) is 5.56. The Kier molecular flexibility index (Phi) is 5.43. The minimum Gasteiger partial charge on any atom is -0.335 e. The van der Waals surface area contributed by atoms with Gasteiger partial charge in [0.1, 0.15) is 5.82 Å². The summed E-state index contributed by atoms with van der Waals surface area (Å²) in [6.45, 7) is 3.09. The fourth-order valence-corrected chi connectivity index (χ4v) is 2.47. The number of hydrazine groups is 1. The molecule has 0 fully saturated rings. The second-order valence-corrected chi connectivity index (χ2v) is 5.45. The summed E-state index contributed by atoms with van der Waals surface area (Å²) < 4.78 is 2.14. The van der Waals surface area contributed by atoms with Gasteiger partial charge in [0.2, 0.25) is 0 Å². The van der Waals surface area contributed by atoms with E-state index in [2.05, 4.69) is 21.9 Å².